The zero-order valence-corrected chi connectivity index (χ0v) is 16.1. The Morgan fingerprint density at radius 1 is 1.00 bits per heavy atom. The van der Waals surface area contributed by atoms with E-state index in [2.05, 4.69) is 22.1 Å². The highest BCUT2D eigenvalue weighted by Gasteiger charge is 2.22. The van der Waals surface area contributed by atoms with E-state index in [1.54, 1.807) is 4.90 Å². The number of ether oxygens (including phenoxy) is 1. The Kier molecular flexibility index (Phi) is 5.60. The first-order chi connectivity index (χ1) is 13.7. The van der Waals surface area contributed by atoms with Crippen molar-refractivity contribution in [3.05, 3.63) is 77.6 Å². The number of carbonyl (C=O) groups is 1. The smallest absolute Gasteiger partial charge is 0.344 e. The van der Waals surface area contributed by atoms with Gasteiger partial charge in [-0.25, -0.2) is 4.79 Å². The molecule has 1 aromatic heterocycles. The van der Waals surface area contributed by atoms with E-state index in [0.717, 1.165) is 31.1 Å². The molecule has 3 aromatic rings. The summed E-state index contributed by atoms with van der Waals surface area (Å²) in [6.07, 6.45) is 3.01. The molecule has 6 nitrogen and oxygen atoms in total. The first-order valence-corrected chi connectivity index (χ1v) is 9.59. The zero-order valence-electron chi connectivity index (χ0n) is 15.4. The van der Waals surface area contributed by atoms with Crippen LogP contribution in [0.2, 0.25) is 5.02 Å². The van der Waals surface area contributed by atoms with Crippen LogP contribution in [0.4, 0.5) is 4.79 Å². The van der Waals surface area contributed by atoms with Crippen molar-refractivity contribution < 1.29 is 9.53 Å². The third-order valence-electron chi connectivity index (χ3n) is 4.67. The van der Waals surface area contributed by atoms with E-state index in [0.29, 0.717) is 18.1 Å². The molecule has 7 heteroatoms. The van der Waals surface area contributed by atoms with Crippen LogP contribution in [0, 0.1) is 0 Å². The second-order valence-corrected chi connectivity index (χ2v) is 7.15. The molecule has 28 heavy (non-hydrogen) atoms. The van der Waals surface area contributed by atoms with Gasteiger partial charge in [0.15, 0.2) is 0 Å². The largest absolute Gasteiger partial charge is 0.457 e. The molecule has 1 amide bonds. The quantitative estimate of drug-likeness (QED) is 0.665. The Labute approximate surface area is 168 Å². The van der Waals surface area contributed by atoms with Crippen molar-refractivity contribution in [1.82, 2.24) is 19.6 Å². The summed E-state index contributed by atoms with van der Waals surface area (Å²) in [5.41, 5.74) is 1.19. The van der Waals surface area contributed by atoms with E-state index in [-0.39, 0.29) is 6.03 Å². The molecule has 144 valence electrons. The van der Waals surface area contributed by atoms with Gasteiger partial charge in [0.1, 0.15) is 11.5 Å². The van der Waals surface area contributed by atoms with Gasteiger partial charge < -0.3 is 9.64 Å². The maximum Gasteiger partial charge on any atom is 0.344 e. The summed E-state index contributed by atoms with van der Waals surface area (Å²) < 4.78 is 7.21. The fraction of sp³-hybridized carbons (Fsp3) is 0.238. The molecule has 4 rings (SSSR count). The molecule has 0 atom stereocenters. The van der Waals surface area contributed by atoms with Gasteiger partial charge in [-0.3, -0.25) is 4.90 Å². The molecule has 1 fully saturated rings. The van der Waals surface area contributed by atoms with Gasteiger partial charge in [0.05, 0.1) is 17.4 Å². The summed E-state index contributed by atoms with van der Waals surface area (Å²) >= 11 is 5.85. The van der Waals surface area contributed by atoms with Gasteiger partial charge in [0, 0.05) is 32.7 Å². The van der Waals surface area contributed by atoms with Crippen LogP contribution in [0.15, 0.2) is 67.0 Å². The molecular weight excluding hydrogens is 376 g/mol. The predicted molar refractivity (Wildman–Crippen MR) is 108 cm³/mol. The second-order valence-electron chi connectivity index (χ2n) is 6.71. The lowest BCUT2D eigenvalue weighted by atomic mass is 10.2. The normalized spacial score (nSPS) is 14.8. The second kappa shape index (κ2) is 8.46. The number of rotatable bonds is 4. The molecular formula is C21H21ClN4O2. The Bertz CT molecular complexity index is 936. The average molecular weight is 397 g/mol. The molecule has 0 unspecified atom stereocenters. The van der Waals surface area contributed by atoms with Gasteiger partial charge in [-0.2, -0.15) is 9.78 Å². The third-order valence-corrected chi connectivity index (χ3v) is 4.87. The maximum absolute atomic E-state index is 12.4. The van der Waals surface area contributed by atoms with Gasteiger partial charge in [-0.15, -0.1) is 0 Å². The van der Waals surface area contributed by atoms with E-state index in [9.17, 15) is 4.79 Å². The molecule has 0 N–H and O–H groups in total. The van der Waals surface area contributed by atoms with Crippen molar-refractivity contribution >= 4 is 17.6 Å². The Morgan fingerprint density at radius 2 is 1.75 bits per heavy atom. The average Bonchev–Trinajstić information content (AvgIpc) is 3.15. The molecule has 0 aliphatic carbocycles. The standard InChI is InChI=1S/C21H21ClN4O2/c22-18-14-23-26(16-18)21(27)25-11-9-24(10-12-25)15-17-5-4-8-20(13-17)28-19-6-2-1-3-7-19/h1-8,13-14,16H,9-12,15H2. The third kappa shape index (κ3) is 4.52. The fourth-order valence-electron chi connectivity index (χ4n) is 3.24. The van der Waals surface area contributed by atoms with Gasteiger partial charge in [0.25, 0.3) is 0 Å². The number of nitrogens with zero attached hydrogens (tertiary/aromatic N) is 4. The number of benzene rings is 2. The van der Waals surface area contributed by atoms with Crippen molar-refractivity contribution in [3.8, 4) is 11.5 Å². The first kappa shape index (κ1) is 18.5. The van der Waals surface area contributed by atoms with Crippen molar-refractivity contribution in [2.24, 2.45) is 0 Å². The number of aromatic nitrogens is 2. The predicted octanol–water partition coefficient (Wildman–Crippen LogP) is 4.11. The van der Waals surface area contributed by atoms with Crippen LogP contribution in [0.5, 0.6) is 11.5 Å². The maximum atomic E-state index is 12.4. The topological polar surface area (TPSA) is 50.6 Å². The van der Waals surface area contributed by atoms with Crippen LogP contribution in [0.1, 0.15) is 5.56 Å². The highest BCUT2D eigenvalue weighted by molar-refractivity contribution is 6.30. The molecule has 0 spiro atoms. The van der Waals surface area contributed by atoms with E-state index in [1.807, 2.05) is 42.5 Å². The van der Waals surface area contributed by atoms with Gasteiger partial charge in [-0.1, -0.05) is 41.9 Å². The van der Waals surface area contributed by atoms with E-state index in [1.165, 1.54) is 22.6 Å². The Balaban J connectivity index is 1.32. The summed E-state index contributed by atoms with van der Waals surface area (Å²) in [6.45, 7) is 3.77. The van der Waals surface area contributed by atoms with Crippen LogP contribution in [0.3, 0.4) is 0 Å². The lowest BCUT2D eigenvalue weighted by Crippen LogP contribution is -2.49. The molecule has 1 saturated heterocycles. The SMILES string of the molecule is O=C(N1CCN(Cc2cccc(Oc3ccccc3)c2)CC1)n1cc(Cl)cn1. The van der Waals surface area contributed by atoms with E-state index >= 15 is 0 Å². The van der Waals surface area contributed by atoms with E-state index in [4.69, 9.17) is 16.3 Å². The minimum absolute atomic E-state index is 0.134. The lowest BCUT2D eigenvalue weighted by molar-refractivity contribution is 0.134. The summed E-state index contributed by atoms with van der Waals surface area (Å²) in [6, 6.07) is 17.8. The number of piperazine rings is 1. The van der Waals surface area contributed by atoms with Gasteiger partial charge >= 0.3 is 6.03 Å². The highest BCUT2D eigenvalue weighted by atomic mass is 35.5. The van der Waals surface area contributed by atoms with Crippen LogP contribution in [-0.2, 0) is 6.54 Å². The minimum atomic E-state index is -0.134. The van der Waals surface area contributed by atoms with Crippen LogP contribution >= 0.6 is 11.6 Å². The molecule has 2 heterocycles. The minimum Gasteiger partial charge on any atom is -0.457 e. The number of para-hydroxylation sites is 1. The van der Waals surface area contributed by atoms with Crippen LogP contribution in [0.25, 0.3) is 0 Å². The molecule has 2 aromatic carbocycles. The number of amides is 1. The number of hydrogen-bond acceptors (Lipinski definition) is 4. The number of halogens is 1. The number of hydrogen-bond donors (Lipinski definition) is 0. The number of carbonyl (C=O) groups excluding carboxylic acids is 1. The fourth-order valence-corrected chi connectivity index (χ4v) is 3.37. The van der Waals surface area contributed by atoms with Crippen molar-refractivity contribution in [1.29, 1.82) is 0 Å². The van der Waals surface area contributed by atoms with Crippen LogP contribution < -0.4 is 4.74 Å². The molecule has 0 saturated carbocycles. The Morgan fingerprint density at radius 3 is 2.46 bits per heavy atom. The van der Waals surface area contributed by atoms with Gasteiger partial charge in [-0.05, 0) is 29.8 Å². The van der Waals surface area contributed by atoms with Crippen molar-refractivity contribution in [2.75, 3.05) is 26.2 Å². The highest BCUT2D eigenvalue weighted by Crippen LogP contribution is 2.22. The summed E-state index contributed by atoms with van der Waals surface area (Å²) in [5, 5.41) is 4.45. The molecule has 0 radical (unpaired) electrons. The molecule has 0 bridgehead atoms. The Hall–Kier alpha value is -2.83. The van der Waals surface area contributed by atoms with Crippen LogP contribution in [-0.4, -0.2) is 51.8 Å². The van der Waals surface area contributed by atoms with E-state index < -0.39 is 0 Å². The molecule has 1 aliphatic heterocycles. The van der Waals surface area contributed by atoms with Gasteiger partial charge in [0.2, 0.25) is 0 Å². The zero-order chi connectivity index (χ0) is 19.3. The monoisotopic (exact) mass is 396 g/mol. The summed E-state index contributed by atoms with van der Waals surface area (Å²) in [5.74, 6) is 1.65. The lowest BCUT2D eigenvalue weighted by Gasteiger charge is -2.34. The van der Waals surface area contributed by atoms with Crippen molar-refractivity contribution in [3.63, 3.8) is 0 Å². The molecule has 1 aliphatic rings. The van der Waals surface area contributed by atoms with Crippen molar-refractivity contribution in [2.45, 2.75) is 6.54 Å². The first-order valence-electron chi connectivity index (χ1n) is 9.21. The summed E-state index contributed by atoms with van der Waals surface area (Å²) in [4.78, 5) is 16.6. The summed E-state index contributed by atoms with van der Waals surface area (Å²) in [7, 11) is 0.